The number of rotatable bonds is 1. The van der Waals surface area contributed by atoms with Crippen molar-refractivity contribution >= 4 is 17.5 Å². The Balaban J connectivity index is 1.93. The Kier molecular flexibility index (Phi) is 2.65. The normalized spacial score (nSPS) is 24.0. The van der Waals surface area contributed by atoms with E-state index < -0.39 is 0 Å². The molecular formula is C15H13NO3. The summed E-state index contributed by atoms with van der Waals surface area (Å²) in [5, 5.41) is 8.68. The van der Waals surface area contributed by atoms with E-state index in [1.165, 1.54) is 4.90 Å². The lowest BCUT2D eigenvalue weighted by Crippen LogP contribution is -2.32. The molecule has 2 unspecified atom stereocenters. The monoisotopic (exact) mass is 255 g/mol. The highest BCUT2D eigenvalue weighted by Gasteiger charge is 2.59. The number of hydrogen-bond acceptors (Lipinski definition) is 3. The molecule has 1 aromatic rings. The zero-order chi connectivity index (χ0) is 13.6. The number of piperidine rings is 1. The first-order valence-corrected chi connectivity index (χ1v) is 6.21. The third-order valence-corrected chi connectivity index (χ3v) is 3.64. The van der Waals surface area contributed by atoms with Gasteiger partial charge in [-0.25, -0.2) is 0 Å². The van der Waals surface area contributed by atoms with Crippen LogP contribution in [0.3, 0.4) is 0 Å². The van der Waals surface area contributed by atoms with Crippen LogP contribution >= 0.6 is 0 Å². The van der Waals surface area contributed by atoms with Gasteiger partial charge in [-0.05, 0) is 37.1 Å². The van der Waals surface area contributed by atoms with Crippen LogP contribution in [0.15, 0.2) is 18.2 Å². The van der Waals surface area contributed by atoms with E-state index in [0.29, 0.717) is 12.1 Å². The molecule has 2 fully saturated rings. The van der Waals surface area contributed by atoms with Crippen molar-refractivity contribution in [1.82, 2.24) is 0 Å². The number of anilines is 1. The number of aliphatic hydroxyl groups excluding tert-OH is 1. The van der Waals surface area contributed by atoms with Crippen molar-refractivity contribution in [2.45, 2.75) is 13.3 Å². The second kappa shape index (κ2) is 4.22. The maximum Gasteiger partial charge on any atom is 0.237 e. The highest BCUT2D eigenvalue weighted by molar-refractivity contribution is 6.24. The van der Waals surface area contributed by atoms with Crippen molar-refractivity contribution in [2.75, 3.05) is 11.5 Å². The van der Waals surface area contributed by atoms with Crippen LogP contribution in [0.4, 0.5) is 5.69 Å². The SMILES string of the molecule is Cc1cc(N2C(=O)C3CC3C2=O)ccc1C#CCO. The van der Waals surface area contributed by atoms with Gasteiger partial charge in [0.05, 0.1) is 17.5 Å². The van der Waals surface area contributed by atoms with Gasteiger partial charge < -0.3 is 5.11 Å². The fraction of sp³-hybridized carbons (Fsp3) is 0.333. The van der Waals surface area contributed by atoms with Gasteiger partial charge in [0, 0.05) is 5.56 Å². The van der Waals surface area contributed by atoms with E-state index in [4.69, 9.17) is 5.11 Å². The van der Waals surface area contributed by atoms with E-state index in [2.05, 4.69) is 11.8 Å². The maximum atomic E-state index is 12.0. The number of carbonyl (C=O) groups excluding carboxylic acids is 2. The third-order valence-electron chi connectivity index (χ3n) is 3.64. The molecule has 1 saturated heterocycles. The molecule has 19 heavy (non-hydrogen) atoms. The van der Waals surface area contributed by atoms with Crippen molar-refractivity contribution < 1.29 is 14.7 Å². The number of fused-ring (bicyclic) bond motifs is 1. The van der Waals surface area contributed by atoms with Crippen molar-refractivity contribution in [3.63, 3.8) is 0 Å². The second-order valence-corrected chi connectivity index (χ2v) is 4.92. The number of hydrogen-bond donors (Lipinski definition) is 1. The number of aliphatic hydroxyl groups is 1. The molecule has 1 N–H and O–H groups in total. The number of aryl methyl sites for hydroxylation is 1. The van der Waals surface area contributed by atoms with E-state index in [9.17, 15) is 9.59 Å². The summed E-state index contributed by atoms with van der Waals surface area (Å²) in [7, 11) is 0. The summed E-state index contributed by atoms with van der Waals surface area (Å²) in [5.74, 6) is 5.09. The number of nitrogens with zero attached hydrogens (tertiary/aromatic N) is 1. The molecule has 2 aliphatic rings. The number of amides is 2. The van der Waals surface area contributed by atoms with Crippen LogP contribution in [0.1, 0.15) is 17.5 Å². The summed E-state index contributed by atoms with van der Waals surface area (Å²) in [6.07, 6.45) is 0.715. The largest absolute Gasteiger partial charge is 0.384 e. The molecule has 1 aliphatic heterocycles. The molecular weight excluding hydrogens is 242 g/mol. The first kappa shape index (κ1) is 11.9. The first-order valence-electron chi connectivity index (χ1n) is 6.21. The molecule has 4 nitrogen and oxygen atoms in total. The maximum absolute atomic E-state index is 12.0. The number of benzene rings is 1. The van der Waals surface area contributed by atoms with E-state index in [-0.39, 0.29) is 30.3 Å². The Morgan fingerprint density at radius 1 is 1.32 bits per heavy atom. The van der Waals surface area contributed by atoms with Crippen LogP contribution in [0.25, 0.3) is 0 Å². The van der Waals surface area contributed by atoms with Gasteiger partial charge in [0.15, 0.2) is 0 Å². The lowest BCUT2D eigenvalue weighted by Gasteiger charge is -2.17. The van der Waals surface area contributed by atoms with Crippen molar-refractivity contribution in [2.24, 2.45) is 11.8 Å². The van der Waals surface area contributed by atoms with Gasteiger partial charge in [0.25, 0.3) is 0 Å². The van der Waals surface area contributed by atoms with Crippen molar-refractivity contribution in [1.29, 1.82) is 0 Å². The van der Waals surface area contributed by atoms with E-state index >= 15 is 0 Å². The van der Waals surface area contributed by atoms with Crippen LogP contribution < -0.4 is 4.90 Å². The van der Waals surface area contributed by atoms with Crippen LogP contribution in [-0.2, 0) is 9.59 Å². The highest BCUT2D eigenvalue weighted by Crippen LogP contribution is 2.48. The van der Waals surface area contributed by atoms with Gasteiger partial charge in [0.1, 0.15) is 6.61 Å². The molecule has 1 aromatic carbocycles. The number of carbonyl (C=O) groups is 2. The zero-order valence-corrected chi connectivity index (χ0v) is 10.5. The molecule has 0 spiro atoms. The van der Waals surface area contributed by atoms with Crippen LogP contribution in [0.5, 0.6) is 0 Å². The Bertz CT molecular complexity index is 619. The highest BCUT2D eigenvalue weighted by atomic mass is 16.2. The molecule has 2 amide bonds. The summed E-state index contributed by atoms with van der Waals surface area (Å²) in [4.78, 5) is 25.2. The average Bonchev–Trinajstić information content (AvgIpc) is 3.13. The molecule has 0 aromatic heterocycles. The molecule has 96 valence electrons. The van der Waals surface area contributed by atoms with Crippen LogP contribution in [-0.4, -0.2) is 23.5 Å². The number of imide groups is 1. The molecule has 4 heteroatoms. The fourth-order valence-corrected chi connectivity index (χ4v) is 2.50. The van der Waals surface area contributed by atoms with Gasteiger partial charge in [-0.3, -0.25) is 14.5 Å². The van der Waals surface area contributed by atoms with E-state index in [1.807, 2.05) is 6.92 Å². The summed E-state index contributed by atoms with van der Waals surface area (Å²) in [6, 6.07) is 5.30. The Labute approximate surface area is 111 Å². The van der Waals surface area contributed by atoms with Gasteiger partial charge in [-0.1, -0.05) is 11.8 Å². The lowest BCUT2D eigenvalue weighted by atomic mass is 10.1. The molecule has 0 radical (unpaired) electrons. The summed E-state index contributed by atoms with van der Waals surface area (Å²) < 4.78 is 0. The van der Waals surface area contributed by atoms with Gasteiger partial charge in [-0.2, -0.15) is 0 Å². The van der Waals surface area contributed by atoms with Gasteiger partial charge in [-0.15, -0.1) is 0 Å². The Morgan fingerprint density at radius 2 is 2.00 bits per heavy atom. The Morgan fingerprint density at radius 3 is 2.58 bits per heavy atom. The van der Waals surface area contributed by atoms with Crippen LogP contribution in [0, 0.1) is 30.6 Å². The standard InChI is InChI=1S/C15H13NO3/c1-9-7-11(5-4-10(9)3-2-6-17)16-14(18)12-8-13(12)15(16)19/h4-5,7,12-13,17H,6,8H2,1H3. The summed E-state index contributed by atoms with van der Waals surface area (Å²) in [6.45, 7) is 1.68. The van der Waals surface area contributed by atoms with Gasteiger partial charge >= 0.3 is 0 Å². The zero-order valence-electron chi connectivity index (χ0n) is 10.5. The summed E-state index contributed by atoms with van der Waals surface area (Å²) >= 11 is 0. The Hall–Kier alpha value is -2.12. The minimum atomic E-state index is -0.187. The summed E-state index contributed by atoms with van der Waals surface area (Å²) in [5.41, 5.74) is 2.30. The minimum absolute atomic E-state index is 0.0800. The fourth-order valence-electron chi connectivity index (χ4n) is 2.50. The van der Waals surface area contributed by atoms with Crippen LogP contribution in [0.2, 0.25) is 0 Å². The molecule has 1 aliphatic carbocycles. The predicted molar refractivity (Wildman–Crippen MR) is 69.2 cm³/mol. The second-order valence-electron chi connectivity index (χ2n) is 4.92. The van der Waals surface area contributed by atoms with E-state index in [1.54, 1.807) is 18.2 Å². The smallest absolute Gasteiger partial charge is 0.237 e. The third kappa shape index (κ3) is 1.83. The molecule has 0 bridgehead atoms. The van der Waals surface area contributed by atoms with Gasteiger partial charge in [0.2, 0.25) is 11.8 Å². The average molecular weight is 255 g/mol. The quantitative estimate of drug-likeness (QED) is 0.598. The van der Waals surface area contributed by atoms with Crippen molar-refractivity contribution in [3.8, 4) is 11.8 Å². The molecule has 1 saturated carbocycles. The first-order chi connectivity index (χ1) is 9.13. The molecule has 3 rings (SSSR count). The van der Waals surface area contributed by atoms with E-state index in [0.717, 1.165) is 11.1 Å². The van der Waals surface area contributed by atoms with Crippen molar-refractivity contribution in [3.05, 3.63) is 29.3 Å². The minimum Gasteiger partial charge on any atom is -0.384 e. The molecule has 2 atom stereocenters. The lowest BCUT2D eigenvalue weighted by molar-refractivity contribution is -0.123. The molecule has 1 heterocycles. The predicted octanol–water partition coefficient (Wildman–Crippen LogP) is 0.848. The topological polar surface area (TPSA) is 57.6 Å².